The number of likely N-dealkylation sites (tertiary alicyclic amines) is 1. The number of amides is 2. The molecule has 2 aliphatic rings. The number of nitrogens with zero attached hydrogens (tertiary/aromatic N) is 5. The predicted octanol–water partition coefficient (Wildman–Crippen LogP) is 6.45. The average Bonchev–Trinajstić information content (AvgIpc) is 3.53. The first-order valence-electron chi connectivity index (χ1n) is 14.9. The SMILES string of the molecule is Cc1cnc(C(C)(C)C)cc1NC(=O)N[C@H]1CC[C@@H](Oc2ccc3nnc([C@]4(C)CCCN4C)n3c2)c2ccccc21. The Kier molecular flexibility index (Phi) is 7.17. The van der Waals surface area contributed by atoms with Crippen molar-refractivity contribution in [1.82, 2.24) is 29.8 Å². The minimum Gasteiger partial charge on any atom is -0.484 e. The summed E-state index contributed by atoms with van der Waals surface area (Å²) < 4.78 is 8.70. The van der Waals surface area contributed by atoms with Crippen LogP contribution in [0.5, 0.6) is 5.75 Å². The van der Waals surface area contributed by atoms with E-state index in [1.54, 1.807) is 0 Å². The number of hydrogen-bond acceptors (Lipinski definition) is 6. The molecule has 3 aromatic heterocycles. The number of carbonyl (C=O) groups is 1. The highest BCUT2D eigenvalue weighted by atomic mass is 16.5. The van der Waals surface area contributed by atoms with Gasteiger partial charge >= 0.3 is 6.03 Å². The maximum Gasteiger partial charge on any atom is 0.319 e. The van der Waals surface area contributed by atoms with Gasteiger partial charge < -0.3 is 15.4 Å². The zero-order valence-corrected chi connectivity index (χ0v) is 25.4. The quantitative estimate of drug-likeness (QED) is 0.288. The molecular weight excluding hydrogens is 526 g/mol. The molecule has 42 heavy (non-hydrogen) atoms. The summed E-state index contributed by atoms with van der Waals surface area (Å²) in [6.07, 6.45) is 7.45. The lowest BCUT2D eigenvalue weighted by Crippen LogP contribution is -2.37. The zero-order chi connectivity index (χ0) is 29.6. The number of nitrogens with one attached hydrogen (secondary N) is 2. The number of benzene rings is 1. The number of fused-ring (bicyclic) bond motifs is 2. The number of aryl methyl sites for hydroxylation is 1. The van der Waals surface area contributed by atoms with E-state index < -0.39 is 0 Å². The molecule has 220 valence electrons. The van der Waals surface area contributed by atoms with Crippen LogP contribution in [-0.2, 0) is 11.0 Å². The van der Waals surface area contributed by atoms with Crippen molar-refractivity contribution < 1.29 is 9.53 Å². The van der Waals surface area contributed by atoms with Crippen molar-refractivity contribution in [2.45, 2.75) is 83.4 Å². The molecule has 1 saturated heterocycles. The molecule has 6 rings (SSSR count). The van der Waals surface area contributed by atoms with Crippen molar-refractivity contribution in [3.63, 3.8) is 0 Å². The van der Waals surface area contributed by atoms with Crippen LogP contribution in [0.3, 0.4) is 0 Å². The lowest BCUT2D eigenvalue weighted by molar-refractivity contribution is 0.170. The number of pyridine rings is 2. The number of aromatic nitrogens is 4. The van der Waals surface area contributed by atoms with Gasteiger partial charge in [0.25, 0.3) is 0 Å². The van der Waals surface area contributed by atoms with Gasteiger partial charge in [0.15, 0.2) is 11.5 Å². The average molecular weight is 568 g/mol. The first kappa shape index (κ1) is 28.2. The molecule has 0 spiro atoms. The molecule has 1 aliphatic heterocycles. The Morgan fingerprint density at radius 1 is 1.10 bits per heavy atom. The predicted molar refractivity (Wildman–Crippen MR) is 164 cm³/mol. The van der Waals surface area contributed by atoms with Crippen LogP contribution in [-0.4, -0.2) is 44.1 Å². The Hall–Kier alpha value is -3.98. The Labute approximate surface area is 247 Å². The fourth-order valence-electron chi connectivity index (χ4n) is 6.26. The minimum absolute atomic E-state index is 0.108. The van der Waals surface area contributed by atoms with E-state index >= 15 is 0 Å². The van der Waals surface area contributed by atoms with Crippen LogP contribution in [0.15, 0.2) is 54.9 Å². The smallest absolute Gasteiger partial charge is 0.319 e. The van der Waals surface area contributed by atoms with E-state index in [1.165, 1.54) is 0 Å². The van der Waals surface area contributed by atoms with Gasteiger partial charge in [0.1, 0.15) is 11.9 Å². The summed E-state index contributed by atoms with van der Waals surface area (Å²) in [4.78, 5) is 20.1. The second-order valence-electron chi connectivity index (χ2n) is 13.0. The molecule has 9 nitrogen and oxygen atoms in total. The number of hydrogen-bond donors (Lipinski definition) is 2. The van der Waals surface area contributed by atoms with E-state index in [1.807, 2.05) is 49.6 Å². The van der Waals surface area contributed by atoms with E-state index in [4.69, 9.17) is 4.74 Å². The fourth-order valence-corrected chi connectivity index (χ4v) is 6.26. The summed E-state index contributed by atoms with van der Waals surface area (Å²) in [7, 11) is 2.15. The van der Waals surface area contributed by atoms with Crippen LogP contribution in [0.4, 0.5) is 10.5 Å². The highest BCUT2D eigenvalue weighted by Gasteiger charge is 2.39. The second kappa shape index (κ2) is 10.7. The Morgan fingerprint density at radius 2 is 1.88 bits per heavy atom. The van der Waals surface area contributed by atoms with Gasteiger partial charge in [0.05, 0.1) is 17.8 Å². The molecule has 0 radical (unpaired) electrons. The lowest BCUT2D eigenvalue weighted by atomic mass is 9.85. The van der Waals surface area contributed by atoms with Gasteiger partial charge in [-0.25, -0.2) is 4.79 Å². The molecule has 3 atom stereocenters. The van der Waals surface area contributed by atoms with Gasteiger partial charge in [-0.3, -0.25) is 14.3 Å². The van der Waals surface area contributed by atoms with Crippen molar-refractivity contribution in [3.05, 3.63) is 83.1 Å². The third-order valence-corrected chi connectivity index (χ3v) is 9.00. The zero-order valence-electron chi connectivity index (χ0n) is 25.4. The fraction of sp³-hybridized carbons (Fsp3) is 0.455. The number of anilines is 1. The van der Waals surface area contributed by atoms with E-state index in [0.29, 0.717) is 0 Å². The monoisotopic (exact) mass is 567 g/mol. The number of ether oxygens (including phenoxy) is 1. The van der Waals surface area contributed by atoms with E-state index in [2.05, 4.69) is 82.0 Å². The lowest BCUT2D eigenvalue weighted by Gasteiger charge is -2.32. The molecule has 0 bridgehead atoms. The van der Waals surface area contributed by atoms with E-state index in [9.17, 15) is 4.79 Å². The van der Waals surface area contributed by atoms with Crippen LogP contribution in [0.1, 0.15) is 93.7 Å². The second-order valence-corrected chi connectivity index (χ2v) is 13.0. The molecule has 4 heterocycles. The molecule has 2 N–H and O–H groups in total. The Balaban J connectivity index is 1.20. The molecule has 0 unspecified atom stereocenters. The summed E-state index contributed by atoms with van der Waals surface area (Å²) in [6.45, 7) is 11.6. The third kappa shape index (κ3) is 5.22. The third-order valence-electron chi connectivity index (χ3n) is 9.00. The van der Waals surface area contributed by atoms with Gasteiger partial charge in [-0.05, 0) is 88.0 Å². The summed E-state index contributed by atoms with van der Waals surface area (Å²) in [5.74, 6) is 1.72. The van der Waals surface area contributed by atoms with Crippen molar-refractivity contribution in [1.29, 1.82) is 0 Å². The van der Waals surface area contributed by atoms with Crippen molar-refractivity contribution >= 4 is 17.4 Å². The molecule has 1 fully saturated rings. The first-order valence-corrected chi connectivity index (χ1v) is 14.9. The standard InChI is InChI=1S/C33H41N7O2/c1-21-19-34-28(32(2,3)4)18-26(21)36-31(41)35-25-13-14-27(24-11-8-7-10-23(24)25)42-22-12-15-29-37-38-30(40(29)20-22)33(5)16-9-17-39(33)6/h7-8,10-12,15,18-20,25,27H,9,13-14,16-17H2,1-6H3,(H2,34,35,36,41)/t25-,27+,33-/m0/s1. The summed E-state index contributed by atoms with van der Waals surface area (Å²) in [5, 5.41) is 15.3. The maximum atomic E-state index is 13.2. The Morgan fingerprint density at radius 3 is 2.62 bits per heavy atom. The topological polar surface area (TPSA) is 96.7 Å². The van der Waals surface area contributed by atoms with Crippen molar-refractivity contribution in [2.24, 2.45) is 0 Å². The summed E-state index contributed by atoms with van der Waals surface area (Å²) in [5.41, 5.74) is 5.37. The van der Waals surface area contributed by atoms with E-state index in [0.717, 1.165) is 77.5 Å². The van der Waals surface area contributed by atoms with Crippen LogP contribution in [0.25, 0.3) is 5.65 Å². The maximum absolute atomic E-state index is 13.2. The van der Waals surface area contributed by atoms with Gasteiger partial charge in [-0.2, -0.15) is 0 Å². The minimum atomic E-state index is -0.223. The molecule has 4 aromatic rings. The number of rotatable bonds is 5. The van der Waals surface area contributed by atoms with Gasteiger partial charge in [0.2, 0.25) is 0 Å². The molecular formula is C33H41N7O2. The highest BCUT2D eigenvalue weighted by molar-refractivity contribution is 5.90. The van der Waals surface area contributed by atoms with Crippen molar-refractivity contribution in [2.75, 3.05) is 18.9 Å². The normalized spacial score (nSPS) is 22.6. The van der Waals surface area contributed by atoms with Gasteiger partial charge in [-0.1, -0.05) is 45.0 Å². The number of urea groups is 1. The van der Waals surface area contributed by atoms with E-state index in [-0.39, 0.29) is 29.1 Å². The summed E-state index contributed by atoms with van der Waals surface area (Å²) >= 11 is 0. The molecule has 0 saturated carbocycles. The van der Waals surface area contributed by atoms with Crippen LogP contribution < -0.4 is 15.4 Å². The molecule has 9 heteroatoms. The van der Waals surface area contributed by atoms with Gasteiger partial charge in [0, 0.05) is 23.0 Å². The van der Waals surface area contributed by atoms with Crippen LogP contribution >= 0.6 is 0 Å². The van der Waals surface area contributed by atoms with Crippen LogP contribution in [0, 0.1) is 6.92 Å². The largest absolute Gasteiger partial charge is 0.484 e. The Bertz CT molecular complexity index is 1620. The molecule has 1 aliphatic carbocycles. The molecule has 1 aromatic carbocycles. The number of carbonyl (C=O) groups excluding carboxylic acids is 1. The summed E-state index contributed by atoms with van der Waals surface area (Å²) in [6, 6.07) is 13.8. The van der Waals surface area contributed by atoms with Crippen LogP contribution in [0.2, 0.25) is 0 Å². The van der Waals surface area contributed by atoms with Gasteiger partial charge in [-0.15, -0.1) is 10.2 Å². The molecule has 2 amide bonds. The first-order chi connectivity index (χ1) is 20.0. The van der Waals surface area contributed by atoms with Crippen molar-refractivity contribution in [3.8, 4) is 5.75 Å². The highest BCUT2D eigenvalue weighted by Crippen LogP contribution is 2.40.